The Hall–Kier alpha value is -3.82. The van der Waals surface area contributed by atoms with Crippen molar-refractivity contribution in [1.29, 1.82) is 0 Å². The summed E-state index contributed by atoms with van der Waals surface area (Å²) < 4.78 is 11.7. The van der Waals surface area contributed by atoms with Crippen molar-refractivity contribution >= 4 is 40.3 Å². The van der Waals surface area contributed by atoms with Crippen LogP contribution in [0.3, 0.4) is 0 Å². The number of aryl methyl sites for hydroxylation is 1. The molecule has 2 heterocycles. The van der Waals surface area contributed by atoms with Gasteiger partial charge < -0.3 is 24.9 Å². The number of carboxylic acid groups (broad SMARTS) is 1. The molecule has 0 aliphatic carbocycles. The Morgan fingerprint density at radius 2 is 1.97 bits per heavy atom. The summed E-state index contributed by atoms with van der Waals surface area (Å²) >= 11 is 1.62. The molecule has 0 amide bonds. The Kier molecular flexibility index (Phi) is 6.92. The van der Waals surface area contributed by atoms with Crippen molar-refractivity contribution in [2.24, 2.45) is 0 Å². The average molecular weight is 504 g/mol. The maximum atomic E-state index is 14.2. The molecule has 3 atom stereocenters. The van der Waals surface area contributed by atoms with E-state index in [-0.39, 0.29) is 16.7 Å². The third-order valence-electron chi connectivity index (χ3n) is 6.08. The SMILES string of the molecule is Cc1ccccc1NC(C(=O)C(Oc1ccc(C(=O)O)cc1)C1NCCS1)c1ccc2ncoc2c1. The minimum atomic E-state index is -1.02. The van der Waals surface area contributed by atoms with Gasteiger partial charge >= 0.3 is 5.97 Å². The van der Waals surface area contributed by atoms with Crippen molar-refractivity contribution in [1.82, 2.24) is 10.3 Å². The Morgan fingerprint density at radius 3 is 2.69 bits per heavy atom. The Balaban J connectivity index is 1.51. The van der Waals surface area contributed by atoms with Crippen LogP contribution in [0.5, 0.6) is 5.75 Å². The molecule has 1 aliphatic rings. The summed E-state index contributed by atoms with van der Waals surface area (Å²) in [6.45, 7) is 2.75. The number of benzene rings is 3. The van der Waals surface area contributed by atoms with Crippen LogP contribution >= 0.6 is 11.8 Å². The second-order valence-corrected chi connectivity index (χ2v) is 9.74. The lowest BCUT2D eigenvalue weighted by atomic mass is 9.97. The fourth-order valence-corrected chi connectivity index (χ4v) is 5.25. The molecular weight excluding hydrogens is 478 g/mol. The van der Waals surface area contributed by atoms with E-state index in [0.29, 0.717) is 16.8 Å². The standard InChI is InChI=1S/C27H25N3O5S/c1-16-4-2-3-5-20(16)30-23(18-8-11-21-22(14-18)34-15-29-21)24(31)25(26-28-12-13-36-26)35-19-9-6-17(7-10-19)27(32)33/h2-11,14-15,23,25-26,28,30H,12-13H2,1H3,(H,32,33). The summed E-state index contributed by atoms with van der Waals surface area (Å²) in [5, 5.41) is 15.7. The number of para-hydroxylation sites is 1. The maximum Gasteiger partial charge on any atom is 0.335 e. The molecule has 9 heteroatoms. The number of Topliss-reactive ketones (excluding diaryl/α,β-unsaturated/α-hetero) is 1. The highest BCUT2D eigenvalue weighted by atomic mass is 32.2. The van der Waals surface area contributed by atoms with Gasteiger partial charge in [0.15, 0.2) is 18.1 Å². The van der Waals surface area contributed by atoms with Gasteiger partial charge in [0, 0.05) is 18.0 Å². The van der Waals surface area contributed by atoms with E-state index >= 15 is 0 Å². The number of ketones is 1. The topological polar surface area (TPSA) is 114 Å². The van der Waals surface area contributed by atoms with E-state index in [4.69, 9.17) is 9.15 Å². The lowest BCUT2D eigenvalue weighted by Crippen LogP contribution is -2.46. The van der Waals surface area contributed by atoms with Gasteiger partial charge in [0.2, 0.25) is 5.78 Å². The molecule has 3 unspecified atom stereocenters. The van der Waals surface area contributed by atoms with Crippen LogP contribution in [0.4, 0.5) is 5.69 Å². The largest absolute Gasteiger partial charge is 0.480 e. The summed E-state index contributed by atoms with van der Waals surface area (Å²) in [6.07, 6.45) is 0.548. The van der Waals surface area contributed by atoms with Crippen molar-refractivity contribution in [3.63, 3.8) is 0 Å². The number of oxazole rings is 1. The van der Waals surface area contributed by atoms with E-state index in [1.54, 1.807) is 23.9 Å². The first-order valence-electron chi connectivity index (χ1n) is 11.5. The number of rotatable bonds is 9. The number of anilines is 1. The van der Waals surface area contributed by atoms with E-state index in [1.807, 2.05) is 49.4 Å². The second kappa shape index (κ2) is 10.4. The number of carbonyl (C=O) groups is 2. The van der Waals surface area contributed by atoms with E-state index in [1.165, 1.54) is 18.5 Å². The number of ether oxygens (including phenoxy) is 1. The lowest BCUT2D eigenvalue weighted by molar-refractivity contribution is -0.126. The minimum Gasteiger partial charge on any atom is -0.480 e. The first-order chi connectivity index (χ1) is 17.5. The number of hydrogen-bond acceptors (Lipinski definition) is 8. The van der Waals surface area contributed by atoms with E-state index in [2.05, 4.69) is 15.6 Å². The Labute approximate surface area is 212 Å². The number of carboxylic acids is 1. The van der Waals surface area contributed by atoms with Crippen LogP contribution in [0.25, 0.3) is 11.1 Å². The number of carbonyl (C=O) groups excluding carboxylic acids is 1. The fourth-order valence-electron chi connectivity index (χ4n) is 4.16. The van der Waals surface area contributed by atoms with E-state index < -0.39 is 18.1 Å². The smallest absolute Gasteiger partial charge is 0.335 e. The van der Waals surface area contributed by atoms with Crippen LogP contribution in [-0.2, 0) is 4.79 Å². The molecular formula is C27H25N3O5S. The molecule has 0 spiro atoms. The monoisotopic (exact) mass is 503 g/mol. The van der Waals surface area contributed by atoms with Crippen LogP contribution in [0.15, 0.2) is 77.5 Å². The van der Waals surface area contributed by atoms with Crippen molar-refractivity contribution in [3.8, 4) is 5.75 Å². The Morgan fingerprint density at radius 1 is 1.17 bits per heavy atom. The molecule has 1 saturated heterocycles. The van der Waals surface area contributed by atoms with E-state index in [0.717, 1.165) is 29.1 Å². The minimum absolute atomic E-state index is 0.151. The molecule has 1 fully saturated rings. The normalized spacial score (nSPS) is 17.0. The number of aromatic carboxylic acids is 1. The number of nitrogens with zero attached hydrogens (tertiary/aromatic N) is 1. The van der Waals surface area contributed by atoms with Crippen molar-refractivity contribution in [2.45, 2.75) is 24.4 Å². The van der Waals surface area contributed by atoms with Gasteiger partial charge in [-0.05, 0) is 60.5 Å². The average Bonchev–Trinajstić information content (AvgIpc) is 3.59. The zero-order valence-corrected chi connectivity index (χ0v) is 20.3. The summed E-state index contributed by atoms with van der Waals surface area (Å²) in [7, 11) is 0. The summed E-state index contributed by atoms with van der Waals surface area (Å²) in [4.78, 5) is 29.6. The number of fused-ring (bicyclic) bond motifs is 1. The number of hydrogen-bond donors (Lipinski definition) is 3. The van der Waals surface area contributed by atoms with Crippen LogP contribution in [0.1, 0.15) is 27.5 Å². The zero-order chi connectivity index (χ0) is 25.1. The highest BCUT2D eigenvalue weighted by molar-refractivity contribution is 8.00. The summed E-state index contributed by atoms with van der Waals surface area (Å²) in [6, 6.07) is 18.7. The molecule has 5 rings (SSSR count). The molecule has 8 nitrogen and oxygen atoms in total. The van der Waals surface area contributed by atoms with Crippen LogP contribution in [0.2, 0.25) is 0 Å². The molecule has 0 bridgehead atoms. The van der Waals surface area contributed by atoms with Gasteiger partial charge in [0.1, 0.15) is 17.3 Å². The maximum absolute atomic E-state index is 14.2. The van der Waals surface area contributed by atoms with Gasteiger partial charge in [0.05, 0.1) is 10.9 Å². The van der Waals surface area contributed by atoms with Gasteiger partial charge in [-0.3, -0.25) is 4.79 Å². The molecule has 1 aromatic heterocycles. The van der Waals surface area contributed by atoms with Crippen LogP contribution < -0.4 is 15.4 Å². The summed E-state index contributed by atoms with van der Waals surface area (Å²) in [5.74, 6) is 0.0992. The van der Waals surface area contributed by atoms with Gasteiger partial charge in [-0.1, -0.05) is 24.3 Å². The lowest BCUT2D eigenvalue weighted by Gasteiger charge is -2.29. The molecule has 184 valence electrons. The molecule has 36 heavy (non-hydrogen) atoms. The molecule has 0 radical (unpaired) electrons. The molecule has 3 N–H and O–H groups in total. The Bertz CT molecular complexity index is 1380. The highest BCUT2D eigenvalue weighted by Crippen LogP contribution is 2.31. The number of thioether (sulfide) groups is 1. The zero-order valence-electron chi connectivity index (χ0n) is 19.5. The van der Waals surface area contributed by atoms with Crippen molar-refractivity contribution in [2.75, 3.05) is 17.6 Å². The molecule has 3 aromatic carbocycles. The van der Waals surface area contributed by atoms with Gasteiger partial charge in [0.25, 0.3) is 0 Å². The predicted molar refractivity (Wildman–Crippen MR) is 139 cm³/mol. The van der Waals surface area contributed by atoms with Crippen molar-refractivity contribution in [3.05, 3.63) is 89.8 Å². The third kappa shape index (κ3) is 5.07. The predicted octanol–water partition coefficient (Wildman–Crippen LogP) is 4.67. The van der Waals surface area contributed by atoms with E-state index in [9.17, 15) is 14.7 Å². The molecule has 0 saturated carbocycles. The highest BCUT2D eigenvalue weighted by Gasteiger charge is 2.38. The van der Waals surface area contributed by atoms with Gasteiger partial charge in [-0.25, -0.2) is 9.78 Å². The third-order valence-corrected chi connectivity index (χ3v) is 7.30. The van der Waals surface area contributed by atoms with Crippen LogP contribution in [-0.4, -0.2) is 45.6 Å². The first-order valence-corrected chi connectivity index (χ1v) is 12.6. The fraction of sp³-hybridized carbons (Fsp3) is 0.222. The quantitative estimate of drug-likeness (QED) is 0.300. The molecule has 1 aliphatic heterocycles. The number of aromatic nitrogens is 1. The number of nitrogens with one attached hydrogen (secondary N) is 2. The van der Waals surface area contributed by atoms with Crippen LogP contribution in [0, 0.1) is 6.92 Å². The van der Waals surface area contributed by atoms with Gasteiger partial charge in [-0.15, -0.1) is 11.8 Å². The second-order valence-electron chi connectivity index (χ2n) is 8.49. The van der Waals surface area contributed by atoms with Crippen molar-refractivity contribution < 1.29 is 23.8 Å². The summed E-state index contributed by atoms with van der Waals surface area (Å²) in [5.41, 5.74) is 4.02. The molecule has 4 aromatic rings. The van der Waals surface area contributed by atoms with Gasteiger partial charge in [-0.2, -0.15) is 0 Å². The first kappa shape index (κ1) is 23.9.